The maximum absolute atomic E-state index is 6.39. The van der Waals surface area contributed by atoms with Gasteiger partial charge in [-0.3, -0.25) is 0 Å². The molecule has 2 atom stereocenters. The molecule has 0 aromatic carbocycles. The van der Waals surface area contributed by atoms with E-state index in [0.29, 0.717) is 12.0 Å². The van der Waals surface area contributed by atoms with Gasteiger partial charge in [-0.25, -0.2) is 0 Å². The van der Waals surface area contributed by atoms with Gasteiger partial charge in [0.1, 0.15) is 0 Å². The minimum Gasteiger partial charge on any atom is -0.368 e. The minimum absolute atomic E-state index is 0.0524. The van der Waals surface area contributed by atoms with E-state index < -0.39 is 0 Å². The minimum atomic E-state index is -0.0826. The van der Waals surface area contributed by atoms with Gasteiger partial charge in [-0.1, -0.05) is 19.8 Å². The predicted molar refractivity (Wildman–Crippen MR) is 85.1 cm³/mol. The lowest BCUT2D eigenvalue weighted by Crippen LogP contribution is -2.51. The number of likely N-dealkylation sites (N-methyl/N-ethyl adjacent to an activating group) is 1. The van der Waals surface area contributed by atoms with Gasteiger partial charge in [0.2, 0.25) is 0 Å². The molecule has 0 radical (unpaired) electrons. The van der Waals surface area contributed by atoms with E-state index in [2.05, 4.69) is 51.9 Å². The van der Waals surface area contributed by atoms with E-state index in [-0.39, 0.29) is 11.2 Å². The second kappa shape index (κ2) is 5.94. The molecule has 20 heavy (non-hydrogen) atoms. The van der Waals surface area contributed by atoms with Crippen molar-refractivity contribution in [1.29, 1.82) is 0 Å². The van der Waals surface area contributed by atoms with Crippen LogP contribution in [0.15, 0.2) is 0 Å². The second-order valence-electron chi connectivity index (χ2n) is 7.83. The second-order valence-corrected chi connectivity index (χ2v) is 7.83. The third-order valence-corrected chi connectivity index (χ3v) is 5.43. The average molecular weight is 282 g/mol. The quantitative estimate of drug-likeness (QED) is 0.839. The van der Waals surface area contributed by atoms with Gasteiger partial charge < -0.3 is 15.0 Å². The lowest BCUT2D eigenvalue weighted by atomic mass is 9.82. The number of rotatable bonds is 5. The Bertz CT molecular complexity index is 321. The highest BCUT2D eigenvalue weighted by Gasteiger charge is 2.53. The van der Waals surface area contributed by atoms with E-state index in [1.54, 1.807) is 0 Å². The molecule has 1 aliphatic heterocycles. The Morgan fingerprint density at radius 2 is 1.70 bits per heavy atom. The van der Waals surface area contributed by atoms with E-state index in [4.69, 9.17) is 4.74 Å². The zero-order valence-electron chi connectivity index (χ0n) is 14.3. The molecule has 1 heterocycles. The molecule has 2 fully saturated rings. The first kappa shape index (κ1) is 16.3. The summed E-state index contributed by atoms with van der Waals surface area (Å²) < 4.78 is 6.39. The molecule has 0 bridgehead atoms. The highest BCUT2D eigenvalue weighted by molar-refractivity contribution is 5.06. The molecular formula is C17H34N2O. The summed E-state index contributed by atoms with van der Waals surface area (Å²) in [5.41, 5.74) is -0.135. The molecular weight excluding hydrogens is 248 g/mol. The normalized spacial score (nSPS) is 33.1. The summed E-state index contributed by atoms with van der Waals surface area (Å²) in [6.45, 7) is 13.3. The molecule has 2 rings (SSSR count). The molecule has 3 heteroatoms. The number of hydrogen-bond donors (Lipinski definition) is 1. The Balaban J connectivity index is 2.09. The van der Waals surface area contributed by atoms with Crippen molar-refractivity contribution in [2.45, 2.75) is 83.6 Å². The maximum Gasteiger partial charge on any atom is 0.0790 e. The van der Waals surface area contributed by atoms with Crippen LogP contribution in [0.1, 0.15) is 60.3 Å². The lowest BCUT2D eigenvalue weighted by Gasteiger charge is -2.35. The molecule has 2 aliphatic rings. The van der Waals surface area contributed by atoms with Crippen LogP contribution in [0.3, 0.4) is 0 Å². The first-order valence-corrected chi connectivity index (χ1v) is 8.41. The van der Waals surface area contributed by atoms with Crippen LogP contribution in [-0.4, -0.2) is 48.3 Å². The Labute approximate surface area is 125 Å². The highest BCUT2D eigenvalue weighted by Crippen LogP contribution is 2.43. The monoisotopic (exact) mass is 282 g/mol. The molecule has 0 aromatic rings. The van der Waals surface area contributed by atoms with Gasteiger partial charge in [0.15, 0.2) is 0 Å². The Morgan fingerprint density at radius 1 is 1.10 bits per heavy atom. The highest BCUT2D eigenvalue weighted by atomic mass is 16.5. The number of hydrogen-bond acceptors (Lipinski definition) is 3. The van der Waals surface area contributed by atoms with Crippen molar-refractivity contribution in [3.8, 4) is 0 Å². The van der Waals surface area contributed by atoms with Gasteiger partial charge in [0.05, 0.1) is 11.2 Å². The van der Waals surface area contributed by atoms with Gasteiger partial charge in [-0.2, -0.15) is 0 Å². The Kier molecular flexibility index (Phi) is 4.83. The van der Waals surface area contributed by atoms with Crippen molar-refractivity contribution in [3.63, 3.8) is 0 Å². The Morgan fingerprint density at radius 3 is 2.25 bits per heavy atom. The molecule has 0 spiro atoms. The van der Waals surface area contributed by atoms with E-state index in [1.807, 2.05) is 0 Å². The average Bonchev–Trinajstić information content (AvgIpc) is 2.89. The van der Waals surface area contributed by atoms with Crippen LogP contribution in [0.2, 0.25) is 0 Å². The molecule has 0 amide bonds. The summed E-state index contributed by atoms with van der Waals surface area (Å²) >= 11 is 0. The van der Waals surface area contributed by atoms with Crippen LogP contribution < -0.4 is 5.32 Å². The molecule has 1 saturated heterocycles. The van der Waals surface area contributed by atoms with Gasteiger partial charge >= 0.3 is 0 Å². The fraction of sp³-hybridized carbons (Fsp3) is 1.00. The zero-order valence-corrected chi connectivity index (χ0v) is 14.3. The van der Waals surface area contributed by atoms with Crippen molar-refractivity contribution in [1.82, 2.24) is 10.2 Å². The fourth-order valence-electron chi connectivity index (χ4n) is 4.44. The topological polar surface area (TPSA) is 24.5 Å². The third kappa shape index (κ3) is 3.20. The fourth-order valence-corrected chi connectivity index (χ4v) is 4.44. The molecule has 1 aliphatic carbocycles. The summed E-state index contributed by atoms with van der Waals surface area (Å²) in [6.07, 6.45) is 5.56. The smallest absolute Gasteiger partial charge is 0.0790 e. The molecule has 1 N–H and O–H groups in total. The van der Waals surface area contributed by atoms with Crippen molar-refractivity contribution in [2.24, 2.45) is 5.92 Å². The van der Waals surface area contributed by atoms with Gasteiger partial charge in [-0.15, -0.1) is 0 Å². The predicted octanol–water partition coefficient (Wildman–Crippen LogP) is 3.04. The molecule has 118 valence electrons. The van der Waals surface area contributed by atoms with Gasteiger partial charge in [-0.05, 0) is 54.1 Å². The van der Waals surface area contributed by atoms with E-state index >= 15 is 0 Å². The van der Waals surface area contributed by atoms with Gasteiger partial charge in [0.25, 0.3) is 0 Å². The van der Waals surface area contributed by atoms with Crippen LogP contribution in [0.5, 0.6) is 0 Å². The summed E-state index contributed by atoms with van der Waals surface area (Å²) in [7, 11) is 2.31. The van der Waals surface area contributed by atoms with Crippen LogP contribution in [0.4, 0.5) is 0 Å². The maximum atomic E-state index is 6.39. The lowest BCUT2D eigenvalue weighted by molar-refractivity contribution is -0.0797. The van der Waals surface area contributed by atoms with E-state index in [9.17, 15) is 0 Å². The number of ether oxygens (including phenoxy) is 1. The SMILES string of the molecule is CCNC1C(CN(C)C2CCCC2)C(C)(C)OC1(C)C. The number of nitrogens with one attached hydrogen (secondary N) is 1. The zero-order chi connectivity index (χ0) is 15.0. The molecule has 2 unspecified atom stereocenters. The van der Waals surface area contributed by atoms with Crippen LogP contribution in [0, 0.1) is 5.92 Å². The summed E-state index contributed by atoms with van der Waals surface area (Å²) in [5.74, 6) is 0.544. The van der Waals surface area contributed by atoms with Crippen molar-refractivity contribution < 1.29 is 4.74 Å². The first-order chi connectivity index (χ1) is 9.28. The molecule has 0 aromatic heterocycles. The van der Waals surface area contributed by atoms with Gasteiger partial charge in [0, 0.05) is 24.5 Å². The summed E-state index contributed by atoms with van der Waals surface area (Å²) in [5, 5.41) is 3.68. The standard InChI is InChI=1S/C17H34N2O/c1-7-18-15-14(16(2,3)20-17(15,4)5)12-19(6)13-10-8-9-11-13/h13-15,18H,7-12H2,1-6H3. The first-order valence-electron chi connectivity index (χ1n) is 8.41. The van der Waals surface area contributed by atoms with Crippen molar-refractivity contribution in [2.75, 3.05) is 20.1 Å². The van der Waals surface area contributed by atoms with Crippen molar-refractivity contribution >= 4 is 0 Å². The van der Waals surface area contributed by atoms with E-state index in [1.165, 1.54) is 25.7 Å². The van der Waals surface area contributed by atoms with Crippen molar-refractivity contribution in [3.05, 3.63) is 0 Å². The van der Waals surface area contributed by atoms with Crippen LogP contribution in [-0.2, 0) is 4.74 Å². The Hall–Kier alpha value is -0.120. The van der Waals surface area contributed by atoms with Crippen LogP contribution in [0.25, 0.3) is 0 Å². The molecule has 3 nitrogen and oxygen atoms in total. The largest absolute Gasteiger partial charge is 0.368 e. The number of nitrogens with zero attached hydrogens (tertiary/aromatic N) is 1. The third-order valence-electron chi connectivity index (χ3n) is 5.43. The van der Waals surface area contributed by atoms with E-state index in [0.717, 1.165) is 19.1 Å². The summed E-state index contributed by atoms with van der Waals surface area (Å²) in [4.78, 5) is 2.59. The van der Waals surface area contributed by atoms with Crippen LogP contribution >= 0.6 is 0 Å². The molecule has 1 saturated carbocycles. The summed E-state index contributed by atoms with van der Waals surface area (Å²) in [6, 6.07) is 1.23.